The maximum atomic E-state index is 12.4. The van der Waals surface area contributed by atoms with Crippen molar-refractivity contribution in [3.05, 3.63) is 36.5 Å². The van der Waals surface area contributed by atoms with E-state index < -0.39 is 12.1 Å². The van der Waals surface area contributed by atoms with E-state index in [-0.39, 0.29) is 18.5 Å². The van der Waals surface area contributed by atoms with E-state index >= 15 is 0 Å². The molecule has 0 fully saturated rings. The maximum Gasteiger partial charge on any atom is 0.305 e. The van der Waals surface area contributed by atoms with E-state index in [2.05, 4.69) is 43.5 Å². The van der Waals surface area contributed by atoms with Crippen molar-refractivity contribution in [3.63, 3.8) is 0 Å². The highest BCUT2D eigenvalue weighted by atomic mass is 16.5. The highest BCUT2D eigenvalue weighted by Gasteiger charge is 2.18. The largest absolute Gasteiger partial charge is 0.466 e. The molecule has 0 aromatic rings. The minimum Gasteiger partial charge on any atom is -0.466 e. The number of esters is 1. The van der Waals surface area contributed by atoms with Gasteiger partial charge in [-0.25, -0.2) is 0 Å². The first-order valence-electron chi connectivity index (χ1n) is 29.8. The molecule has 0 aromatic heterocycles. The number of rotatable bonds is 55. The van der Waals surface area contributed by atoms with E-state index in [1.165, 1.54) is 238 Å². The van der Waals surface area contributed by atoms with E-state index in [1.807, 2.05) is 6.08 Å². The van der Waals surface area contributed by atoms with Crippen LogP contribution in [0.1, 0.15) is 316 Å². The predicted octanol–water partition coefficient (Wildman–Crippen LogP) is 18.4. The first kappa shape index (κ1) is 65.1. The van der Waals surface area contributed by atoms with Crippen LogP contribution in [-0.4, -0.2) is 47.4 Å². The number of unbranched alkanes of at least 4 members (excludes halogenated alkanes) is 40. The second kappa shape index (κ2) is 56.7. The lowest BCUT2D eigenvalue weighted by atomic mass is 10.0. The lowest BCUT2D eigenvalue weighted by Crippen LogP contribution is -2.45. The van der Waals surface area contributed by atoms with Gasteiger partial charge >= 0.3 is 5.97 Å². The first-order chi connectivity index (χ1) is 33.0. The fraction of sp³-hybridized carbons (Fsp3) is 0.869. The van der Waals surface area contributed by atoms with Crippen molar-refractivity contribution in [2.24, 2.45) is 0 Å². The summed E-state index contributed by atoms with van der Waals surface area (Å²) in [5.74, 6) is -0.0650. The van der Waals surface area contributed by atoms with Crippen LogP contribution < -0.4 is 5.32 Å². The topological polar surface area (TPSA) is 95.9 Å². The van der Waals surface area contributed by atoms with Gasteiger partial charge in [0.25, 0.3) is 0 Å². The lowest BCUT2D eigenvalue weighted by Gasteiger charge is -2.20. The number of nitrogens with one attached hydrogen (secondary N) is 1. The Morgan fingerprint density at radius 3 is 1.19 bits per heavy atom. The van der Waals surface area contributed by atoms with Gasteiger partial charge in [0.2, 0.25) is 5.91 Å². The number of ether oxygens (including phenoxy) is 1. The van der Waals surface area contributed by atoms with Crippen molar-refractivity contribution in [2.75, 3.05) is 13.2 Å². The lowest BCUT2D eigenvalue weighted by molar-refractivity contribution is -0.143. The minimum absolute atomic E-state index is 0.00192. The Bertz CT molecular complexity index is 1090. The zero-order chi connectivity index (χ0) is 48.6. The number of aliphatic hydroxyl groups is 2. The molecule has 2 unspecified atom stereocenters. The van der Waals surface area contributed by atoms with Gasteiger partial charge in [-0.15, -0.1) is 0 Å². The predicted molar refractivity (Wildman–Crippen MR) is 292 cm³/mol. The van der Waals surface area contributed by atoms with Crippen LogP contribution in [-0.2, 0) is 14.3 Å². The molecular weight excluding hydrogens is 827 g/mol. The molecule has 394 valence electrons. The van der Waals surface area contributed by atoms with Crippen molar-refractivity contribution in [1.82, 2.24) is 5.32 Å². The summed E-state index contributed by atoms with van der Waals surface area (Å²) < 4.78 is 5.47. The third-order valence-electron chi connectivity index (χ3n) is 13.6. The second-order valence-electron chi connectivity index (χ2n) is 20.3. The maximum absolute atomic E-state index is 12.4. The summed E-state index contributed by atoms with van der Waals surface area (Å²) >= 11 is 0. The average Bonchev–Trinajstić information content (AvgIpc) is 3.33. The van der Waals surface area contributed by atoms with E-state index in [1.54, 1.807) is 6.08 Å². The summed E-state index contributed by atoms with van der Waals surface area (Å²) in [4.78, 5) is 24.4. The van der Waals surface area contributed by atoms with Gasteiger partial charge in [-0.05, 0) is 57.8 Å². The van der Waals surface area contributed by atoms with Crippen molar-refractivity contribution < 1.29 is 24.5 Å². The zero-order valence-electron chi connectivity index (χ0n) is 44.9. The van der Waals surface area contributed by atoms with E-state index in [0.717, 1.165) is 51.4 Å². The Kier molecular flexibility index (Phi) is 55.0. The molecule has 0 radical (unpaired) electrons. The quantitative estimate of drug-likeness (QED) is 0.0321. The molecule has 0 bridgehead atoms. The van der Waals surface area contributed by atoms with Gasteiger partial charge in [0.15, 0.2) is 0 Å². The van der Waals surface area contributed by atoms with Crippen LogP contribution in [0, 0.1) is 0 Å². The van der Waals surface area contributed by atoms with Gasteiger partial charge in [-0.3, -0.25) is 9.59 Å². The molecule has 0 aliphatic heterocycles. The van der Waals surface area contributed by atoms with Crippen LogP contribution in [0.2, 0.25) is 0 Å². The summed E-state index contributed by atoms with van der Waals surface area (Å²) in [7, 11) is 0. The van der Waals surface area contributed by atoms with Gasteiger partial charge in [0, 0.05) is 12.8 Å². The number of carbonyl (C=O) groups is 2. The Morgan fingerprint density at radius 1 is 0.418 bits per heavy atom. The fourth-order valence-electron chi connectivity index (χ4n) is 9.08. The standard InChI is InChI=1S/C61H115NO5/c1-3-5-7-9-11-13-15-31-35-39-43-47-51-55-61(66)67-56-52-48-44-40-36-33-30-28-26-24-22-20-18-16-17-19-21-23-25-27-29-32-34-38-42-46-50-54-60(65)62-58(57-63)59(64)53-49-45-41-37-14-12-10-8-6-4-2/h7,9,13,15,49,53,58-59,63-64H,3-6,8,10-12,14,16-48,50-52,54-57H2,1-2H3,(H,62,65)/b9-7-,15-13-,53-49+. The summed E-state index contributed by atoms with van der Waals surface area (Å²) in [6.07, 6.45) is 70.5. The molecule has 6 heteroatoms. The molecular formula is C61H115NO5. The Hall–Kier alpha value is -1.92. The molecule has 67 heavy (non-hydrogen) atoms. The third kappa shape index (κ3) is 53.3. The van der Waals surface area contributed by atoms with Gasteiger partial charge in [0.1, 0.15) is 0 Å². The zero-order valence-corrected chi connectivity index (χ0v) is 44.9. The van der Waals surface area contributed by atoms with Gasteiger partial charge < -0.3 is 20.3 Å². The highest BCUT2D eigenvalue weighted by molar-refractivity contribution is 5.76. The van der Waals surface area contributed by atoms with Gasteiger partial charge in [0.05, 0.1) is 25.4 Å². The summed E-state index contributed by atoms with van der Waals surface area (Å²) in [6.45, 7) is 4.82. The van der Waals surface area contributed by atoms with Crippen molar-refractivity contribution in [2.45, 2.75) is 328 Å². The number of aliphatic hydroxyl groups excluding tert-OH is 2. The number of carbonyl (C=O) groups excluding carboxylic acids is 2. The molecule has 0 saturated heterocycles. The number of amides is 1. The van der Waals surface area contributed by atoms with E-state index in [9.17, 15) is 19.8 Å². The molecule has 0 aliphatic rings. The van der Waals surface area contributed by atoms with Gasteiger partial charge in [-0.2, -0.15) is 0 Å². The first-order valence-corrected chi connectivity index (χ1v) is 29.8. The van der Waals surface area contributed by atoms with Crippen LogP contribution >= 0.6 is 0 Å². The van der Waals surface area contributed by atoms with E-state index in [4.69, 9.17) is 4.74 Å². The summed E-state index contributed by atoms with van der Waals surface area (Å²) in [5.41, 5.74) is 0. The number of hydrogen-bond donors (Lipinski definition) is 3. The third-order valence-corrected chi connectivity index (χ3v) is 13.6. The Labute approximate surface area is 417 Å². The van der Waals surface area contributed by atoms with Gasteiger partial charge in [-0.1, -0.05) is 281 Å². The highest BCUT2D eigenvalue weighted by Crippen LogP contribution is 2.17. The SMILES string of the molecule is CCC/C=C\C/C=C\CCCCCCCC(=O)OCCCCCCCCCCCCCCCCCCCCCCCCCCCCCC(=O)NC(CO)C(O)/C=C/CCCCCCCCCC. The molecule has 0 saturated carbocycles. The molecule has 0 aromatic carbocycles. The molecule has 3 N–H and O–H groups in total. The monoisotopic (exact) mass is 942 g/mol. The molecule has 1 amide bonds. The summed E-state index contributed by atoms with van der Waals surface area (Å²) in [6, 6.07) is -0.624. The fourth-order valence-corrected chi connectivity index (χ4v) is 9.08. The molecule has 2 atom stereocenters. The van der Waals surface area contributed by atoms with Crippen LogP contribution in [0.3, 0.4) is 0 Å². The van der Waals surface area contributed by atoms with Crippen molar-refractivity contribution in [3.8, 4) is 0 Å². The van der Waals surface area contributed by atoms with Crippen molar-refractivity contribution in [1.29, 1.82) is 0 Å². The molecule has 0 rings (SSSR count). The minimum atomic E-state index is -0.840. The van der Waals surface area contributed by atoms with Crippen molar-refractivity contribution >= 4 is 11.9 Å². The van der Waals surface area contributed by atoms with Crippen LogP contribution in [0.15, 0.2) is 36.5 Å². The number of allylic oxidation sites excluding steroid dienone is 5. The molecule has 0 aliphatic carbocycles. The van der Waals surface area contributed by atoms with Crippen LogP contribution in [0.5, 0.6) is 0 Å². The smallest absolute Gasteiger partial charge is 0.305 e. The van der Waals surface area contributed by atoms with E-state index in [0.29, 0.717) is 19.4 Å². The molecule has 0 spiro atoms. The Morgan fingerprint density at radius 2 is 0.776 bits per heavy atom. The second-order valence-corrected chi connectivity index (χ2v) is 20.3. The normalized spacial score (nSPS) is 12.8. The van der Waals surface area contributed by atoms with Crippen LogP contribution in [0.4, 0.5) is 0 Å². The Balaban J connectivity index is 3.34. The molecule has 6 nitrogen and oxygen atoms in total. The average molecular weight is 943 g/mol. The number of hydrogen-bond acceptors (Lipinski definition) is 5. The molecule has 0 heterocycles. The summed E-state index contributed by atoms with van der Waals surface area (Å²) in [5, 5.41) is 23.0. The van der Waals surface area contributed by atoms with Crippen LogP contribution in [0.25, 0.3) is 0 Å².